The van der Waals surface area contributed by atoms with Gasteiger partial charge in [0.2, 0.25) is 0 Å². The number of aromatic hydroxyl groups is 1. The Labute approximate surface area is 124 Å². The van der Waals surface area contributed by atoms with E-state index in [4.69, 9.17) is 0 Å². The number of benzene rings is 1. The number of phenols is 1. The molecule has 0 saturated carbocycles. The van der Waals surface area contributed by atoms with Crippen molar-refractivity contribution < 1.29 is 5.11 Å². The summed E-state index contributed by atoms with van der Waals surface area (Å²) >= 11 is 3.55. The fraction of sp³-hybridized carbons (Fsp3) is 0.600. The zero-order valence-electron chi connectivity index (χ0n) is 12.0. The van der Waals surface area contributed by atoms with Crippen molar-refractivity contribution in [2.24, 2.45) is 0 Å². The maximum Gasteiger partial charge on any atom is 0.115 e. The highest BCUT2D eigenvalue weighted by molar-refractivity contribution is 9.10. The lowest BCUT2D eigenvalue weighted by Gasteiger charge is -2.42. The molecule has 2 rings (SSSR count). The van der Waals surface area contributed by atoms with E-state index in [1.807, 2.05) is 12.1 Å². The Hall–Kier alpha value is -0.580. The topological polar surface area (TPSA) is 26.7 Å². The maximum atomic E-state index is 9.57. The van der Waals surface area contributed by atoms with Gasteiger partial charge in [0.15, 0.2) is 0 Å². The summed E-state index contributed by atoms with van der Waals surface area (Å²) in [5, 5.41) is 9.57. The lowest BCUT2D eigenvalue weighted by atomic mass is 10.0. The molecule has 0 atom stereocenters. The largest absolute Gasteiger partial charge is 0.508 e. The average molecular weight is 327 g/mol. The SMILES string of the molecule is CC(C)(C)N1CCN(Cc2cc(O)ccc2Br)CC1. The molecule has 0 aliphatic carbocycles. The summed E-state index contributed by atoms with van der Waals surface area (Å²) in [6.45, 7) is 12.1. The van der Waals surface area contributed by atoms with Crippen LogP contribution in [0.2, 0.25) is 0 Å². The predicted molar refractivity (Wildman–Crippen MR) is 82.4 cm³/mol. The summed E-state index contributed by atoms with van der Waals surface area (Å²) in [6, 6.07) is 5.47. The van der Waals surface area contributed by atoms with Gasteiger partial charge in [-0.2, -0.15) is 0 Å². The van der Waals surface area contributed by atoms with Gasteiger partial charge in [-0.1, -0.05) is 15.9 Å². The molecule has 19 heavy (non-hydrogen) atoms. The molecule has 3 nitrogen and oxygen atoms in total. The summed E-state index contributed by atoms with van der Waals surface area (Å²) in [7, 11) is 0. The molecular weight excluding hydrogens is 304 g/mol. The zero-order chi connectivity index (χ0) is 14.0. The fourth-order valence-electron chi connectivity index (χ4n) is 2.50. The Morgan fingerprint density at radius 2 is 1.79 bits per heavy atom. The van der Waals surface area contributed by atoms with E-state index in [0.29, 0.717) is 5.75 Å². The van der Waals surface area contributed by atoms with Crippen molar-refractivity contribution in [2.75, 3.05) is 26.2 Å². The molecule has 1 saturated heterocycles. The Morgan fingerprint density at radius 3 is 2.37 bits per heavy atom. The van der Waals surface area contributed by atoms with E-state index < -0.39 is 0 Å². The van der Waals surface area contributed by atoms with Crippen LogP contribution in [-0.4, -0.2) is 46.6 Å². The first-order chi connectivity index (χ1) is 8.86. The molecule has 4 heteroatoms. The van der Waals surface area contributed by atoms with Crippen LogP contribution in [0.4, 0.5) is 0 Å². The number of nitrogens with zero attached hydrogens (tertiary/aromatic N) is 2. The molecule has 1 N–H and O–H groups in total. The van der Waals surface area contributed by atoms with Crippen LogP contribution >= 0.6 is 15.9 Å². The van der Waals surface area contributed by atoms with Crippen molar-refractivity contribution in [1.82, 2.24) is 9.80 Å². The molecular formula is C15H23BrN2O. The van der Waals surface area contributed by atoms with Crippen LogP contribution in [0.5, 0.6) is 5.75 Å². The number of piperazine rings is 1. The van der Waals surface area contributed by atoms with Gasteiger partial charge in [0, 0.05) is 42.7 Å². The van der Waals surface area contributed by atoms with Gasteiger partial charge >= 0.3 is 0 Å². The molecule has 0 amide bonds. The minimum Gasteiger partial charge on any atom is -0.508 e. The summed E-state index contributed by atoms with van der Waals surface area (Å²) in [4.78, 5) is 4.97. The van der Waals surface area contributed by atoms with Crippen molar-refractivity contribution in [3.05, 3.63) is 28.2 Å². The van der Waals surface area contributed by atoms with Gasteiger partial charge in [0.25, 0.3) is 0 Å². The molecule has 1 aromatic rings. The number of rotatable bonds is 2. The monoisotopic (exact) mass is 326 g/mol. The predicted octanol–water partition coefficient (Wildman–Crippen LogP) is 3.07. The first kappa shape index (κ1) is 14.8. The van der Waals surface area contributed by atoms with Crippen molar-refractivity contribution in [3.63, 3.8) is 0 Å². The van der Waals surface area contributed by atoms with Crippen LogP contribution < -0.4 is 0 Å². The quantitative estimate of drug-likeness (QED) is 0.904. The molecule has 0 unspecified atom stereocenters. The number of hydrogen-bond donors (Lipinski definition) is 1. The molecule has 1 aromatic carbocycles. The van der Waals surface area contributed by atoms with E-state index in [1.165, 1.54) is 0 Å². The van der Waals surface area contributed by atoms with Crippen molar-refractivity contribution in [3.8, 4) is 5.75 Å². The Balaban J connectivity index is 1.94. The van der Waals surface area contributed by atoms with Crippen LogP contribution in [0.25, 0.3) is 0 Å². The van der Waals surface area contributed by atoms with Gasteiger partial charge in [-0.3, -0.25) is 9.80 Å². The lowest BCUT2D eigenvalue weighted by molar-refractivity contribution is 0.0590. The highest BCUT2D eigenvalue weighted by Gasteiger charge is 2.25. The number of hydrogen-bond acceptors (Lipinski definition) is 3. The molecule has 0 aromatic heterocycles. The molecule has 0 bridgehead atoms. The average Bonchev–Trinajstić information content (AvgIpc) is 2.33. The van der Waals surface area contributed by atoms with Gasteiger partial charge in [-0.05, 0) is 44.5 Å². The van der Waals surface area contributed by atoms with Crippen LogP contribution in [0.15, 0.2) is 22.7 Å². The third kappa shape index (κ3) is 3.94. The van der Waals surface area contributed by atoms with Gasteiger partial charge < -0.3 is 5.11 Å². The van der Waals surface area contributed by atoms with E-state index in [0.717, 1.165) is 42.8 Å². The molecule has 1 aliphatic heterocycles. The lowest BCUT2D eigenvalue weighted by Crippen LogP contribution is -2.53. The second-order valence-electron chi connectivity index (χ2n) is 6.21. The standard InChI is InChI=1S/C15H23BrN2O/c1-15(2,3)18-8-6-17(7-9-18)11-12-10-13(19)4-5-14(12)16/h4-5,10,19H,6-9,11H2,1-3H3. The second kappa shape index (κ2) is 5.81. The summed E-state index contributed by atoms with van der Waals surface area (Å²) < 4.78 is 1.07. The summed E-state index contributed by atoms with van der Waals surface area (Å²) in [5.41, 5.74) is 1.42. The fourth-order valence-corrected chi connectivity index (χ4v) is 2.87. The van der Waals surface area contributed by atoms with E-state index >= 15 is 0 Å². The van der Waals surface area contributed by atoms with Crippen LogP contribution in [-0.2, 0) is 6.54 Å². The minimum absolute atomic E-state index is 0.262. The molecule has 0 spiro atoms. The molecule has 1 heterocycles. The molecule has 1 fully saturated rings. The maximum absolute atomic E-state index is 9.57. The van der Waals surface area contributed by atoms with Crippen LogP contribution in [0.1, 0.15) is 26.3 Å². The third-order valence-electron chi connectivity index (χ3n) is 3.74. The summed E-state index contributed by atoms with van der Waals surface area (Å²) in [6.07, 6.45) is 0. The van der Waals surface area contributed by atoms with Gasteiger partial charge in [-0.15, -0.1) is 0 Å². The smallest absolute Gasteiger partial charge is 0.115 e. The normalized spacial score (nSPS) is 18.7. The molecule has 106 valence electrons. The van der Waals surface area contributed by atoms with Gasteiger partial charge in [-0.25, -0.2) is 0 Å². The second-order valence-corrected chi connectivity index (χ2v) is 7.06. The van der Waals surface area contributed by atoms with Crippen LogP contribution in [0.3, 0.4) is 0 Å². The van der Waals surface area contributed by atoms with Gasteiger partial charge in [0.1, 0.15) is 5.75 Å². The Morgan fingerprint density at radius 1 is 1.16 bits per heavy atom. The van der Waals surface area contributed by atoms with E-state index in [1.54, 1.807) is 6.07 Å². The summed E-state index contributed by atoms with van der Waals surface area (Å²) in [5.74, 6) is 0.339. The van der Waals surface area contributed by atoms with Crippen LogP contribution in [0, 0.1) is 0 Å². The van der Waals surface area contributed by atoms with E-state index in [2.05, 4.69) is 46.5 Å². The highest BCUT2D eigenvalue weighted by atomic mass is 79.9. The first-order valence-corrected chi connectivity index (χ1v) is 7.60. The number of phenolic OH excluding ortho intramolecular Hbond substituents is 1. The zero-order valence-corrected chi connectivity index (χ0v) is 13.6. The van der Waals surface area contributed by atoms with Gasteiger partial charge in [0.05, 0.1) is 0 Å². The highest BCUT2D eigenvalue weighted by Crippen LogP contribution is 2.24. The Kier molecular flexibility index (Phi) is 4.54. The third-order valence-corrected chi connectivity index (χ3v) is 4.52. The number of halogens is 1. The molecule has 0 radical (unpaired) electrons. The Bertz CT molecular complexity index is 434. The van der Waals surface area contributed by atoms with Crippen molar-refractivity contribution >= 4 is 15.9 Å². The van der Waals surface area contributed by atoms with E-state index in [9.17, 15) is 5.11 Å². The van der Waals surface area contributed by atoms with Crippen molar-refractivity contribution in [1.29, 1.82) is 0 Å². The van der Waals surface area contributed by atoms with Crippen molar-refractivity contribution in [2.45, 2.75) is 32.9 Å². The molecule has 1 aliphatic rings. The van der Waals surface area contributed by atoms with E-state index in [-0.39, 0.29) is 5.54 Å². The minimum atomic E-state index is 0.262. The first-order valence-electron chi connectivity index (χ1n) is 6.81.